The van der Waals surface area contributed by atoms with Gasteiger partial charge in [-0.25, -0.2) is 4.39 Å². The predicted octanol–water partition coefficient (Wildman–Crippen LogP) is 6.45. The SMILES string of the molecule is O=C(NCC(F)(F)c1ccc(-c2cncc(F)c2)cc1C(F)(F)F)c1ccccc1C(F)(F)F. The third-order valence-corrected chi connectivity index (χ3v) is 4.71. The number of hydrogen-bond donors (Lipinski definition) is 1. The third kappa shape index (κ3) is 5.49. The molecule has 0 aliphatic carbocycles. The lowest BCUT2D eigenvalue weighted by molar-refractivity contribution is -0.142. The van der Waals surface area contributed by atoms with Crippen LogP contribution in [0.2, 0.25) is 0 Å². The van der Waals surface area contributed by atoms with E-state index in [2.05, 4.69) is 4.98 Å². The molecule has 180 valence electrons. The molecule has 3 nitrogen and oxygen atoms in total. The second-order valence-corrected chi connectivity index (χ2v) is 7.08. The number of rotatable bonds is 5. The van der Waals surface area contributed by atoms with Gasteiger partial charge in [0, 0.05) is 17.3 Å². The predicted molar refractivity (Wildman–Crippen MR) is 102 cm³/mol. The van der Waals surface area contributed by atoms with Gasteiger partial charge in [-0.2, -0.15) is 35.1 Å². The zero-order valence-corrected chi connectivity index (χ0v) is 16.7. The summed E-state index contributed by atoms with van der Waals surface area (Å²) in [5.41, 5.74) is -5.98. The molecule has 1 N–H and O–H groups in total. The summed E-state index contributed by atoms with van der Waals surface area (Å²) in [6.45, 7) is -1.71. The van der Waals surface area contributed by atoms with Crippen LogP contribution in [-0.2, 0) is 18.3 Å². The number of carbonyl (C=O) groups is 1. The Hall–Kier alpha value is -3.57. The number of benzene rings is 2. The standard InChI is InChI=1S/C22H13F9N2O/c23-14-7-13(9-32-10-14)12-5-6-17(18(8-12)22(29,30)31)20(24,25)11-33-19(34)15-3-1-2-4-16(15)21(26,27)28/h1-10H,11H2,(H,33,34). The molecule has 3 rings (SSSR count). The van der Waals surface area contributed by atoms with Gasteiger partial charge in [-0.15, -0.1) is 0 Å². The maximum absolute atomic E-state index is 14.7. The van der Waals surface area contributed by atoms with Crippen molar-refractivity contribution in [2.75, 3.05) is 6.54 Å². The van der Waals surface area contributed by atoms with E-state index in [-0.39, 0.29) is 11.1 Å². The highest BCUT2D eigenvalue weighted by Crippen LogP contribution is 2.41. The fourth-order valence-electron chi connectivity index (χ4n) is 3.16. The Bertz CT molecular complexity index is 1200. The number of hydrogen-bond acceptors (Lipinski definition) is 2. The average molecular weight is 492 g/mol. The van der Waals surface area contributed by atoms with Crippen molar-refractivity contribution in [1.82, 2.24) is 10.3 Å². The van der Waals surface area contributed by atoms with Gasteiger partial charge in [0.05, 0.1) is 29.4 Å². The number of pyridine rings is 1. The fourth-order valence-corrected chi connectivity index (χ4v) is 3.16. The van der Waals surface area contributed by atoms with Gasteiger partial charge in [0.15, 0.2) is 0 Å². The van der Waals surface area contributed by atoms with E-state index >= 15 is 0 Å². The van der Waals surface area contributed by atoms with E-state index in [0.717, 1.165) is 42.7 Å². The highest BCUT2D eigenvalue weighted by Gasteiger charge is 2.43. The molecule has 1 aromatic heterocycles. The molecule has 2 aromatic carbocycles. The molecular formula is C22H13F9N2O. The summed E-state index contributed by atoms with van der Waals surface area (Å²) in [7, 11) is 0. The van der Waals surface area contributed by atoms with Crippen molar-refractivity contribution in [3.63, 3.8) is 0 Å². The van der Waals surface area contributed by atoms with Crippen LogP contribution in [0, 0.1) is 5.82 Å². The number of alkyl halides is 8. The quantitative estimate of drug-likeness (QED) is 0.416. The molecule has 0 aliphatic rings. The Kier molecular flexibility index (Phi) is 6.63. The van der Waals surface area contributed by atoms with Crippen LogP contribution in [0.5, 0.6) is 0 Å². The van der Waals surface area contributed by atoms with Crippen LogP contribution in [0.1, 0.15) is 27.0 Å². The summed E-state index contributed by atoms with van der Waals surface area (Å²) >= 11 is 0. The molecule has 34 heavy (non-hydrogen) atoms. The number of amides is 1. The van der Waals surface area contributed by atoms with Crippen LogP contribution in [-0.4, -0.2) is 17.4 Å². The van der Waals surface area contributed by atoms with Crippen molar-refractivity contribution in [2.24, 2.45) is 0 Å². The molecule has 0 unspecified atom stereocenters. The summed E-state index contributed by atoms with van der Waals surface area (Å²) in [6, 6.07) is 5.95. The summed E-state index contributed by atoms with van der Waals surface area (Å²) in [5, 5.41) is 1.57. The Morgan fingerprint density at radius 3 is 2.03 bits per heavy atom. The van der Waals surface area contributed by atoms with Crippen molar-refractivity contribution in [3.8, 4) is 11.1 Å². The number of carbonyl (C=O) groups excluding carboxylic acids is 1. The Morgan fingerprint density at radius 1 is 0.765 bits per heavy atom. The highest BCUT2D eigenvalue weighted by molar-refractivity contribution is 5.95. The Labute approximate surface area is 186 Å². The normalized spacial score (nSPS) is 12.5. The zero-order chi connectivity index (χ0) is 25.3. The van der Waals surface area contributed by atoms with Crippen molar-refractivity contribution in [1.29, 1.82) is 0 Å². The maximum Gasteiger partial charge on any atom is 0.417 e. The lowest BCUT2D eigenvalue weighted by Gasteiger charge is -2.23. The fraction of sp³-hybridized carbons (Fsp3) is 0.182. The van der Waals surface area contributed by atoms with Gasteiger partial charge < -0.3 is 5.32 Å². The van der Waals surface area contributed by atoms with Gasteiger partial charge in [-0.3, -0.25) is 9.78 Å². The van der Waals surface area contributed by atoms with Crippen LogP contribution >= 0.6 is 0 Å². The van der Waals surface area contributed by atoms with E-state index in [4.69, 9.17) is 0 Å². The van der Waals surface area contributed by atoms with Gasteiger partial charge in [0.1, 0.15) is 5.82 Å². The summed E-state index contributed by atoms with van der Waals surface area (Å²) in [5.74, 6) is -6.71. The average Bonchev–Trinajstić information content (AvgIpc) is 2.76. The molecule has 0 saturated carbocycles. The van der Waals surface area contributed by atoms with E-state index in [9.17, 15) is 44.3 Å². The highest BCUT2D eigenvalue weighted by atomic mass is 19.4. The van der Waals surface area contributed by atoms with Crippen molar-refractivity contribution >= 4 is 5.91 Å². The molecule has 1 amide bonds. The van der Waals surface area contributed by atoms with Crippen LogP contribution in [0.3, 0.4) is 0 Å². The van der Waals surface area contributed by atoms with Crippen LogP contribution in [0.25, 0.3) is 11.1 Å². The van der Waals surface area contributed by atoms with Crippen molar-refractivity contribution in [3.05, 3.63) is 89.0 Å². The van der Waals surface area contributed by atoms with E-state index in [0.29, 0.717) is 18.2 Å². The van der Waals surface area contributed by atoms with E-state index in [1.807, 2.05) is 0 Å². The minimum Gasteiger partial charge on any atom is -0.346 e. The molecular weight excluding hydrogens is 479 g/mol. The number of halogens is 9. The number of aromatic nitrogens is 1. The topological polar surface area (TPSA) is 42.0 Å². The first-order valence-electron chi connectivity index (χ1n) is 9.35. The monoisotopic (exact) mass is 492 g/mol. The molecule has 3 aromatic rings. The molecule has 0 radical (unpaired) electrons. The molecule has 0 aliphatic heterocycles. The molecule has 0 atom stereocenters. The van der Waals surface area contributed by atoms with Gasteiger partial charge in [0.25, 0.3) is 11.8 Å². The van der Waals surface area contributed by atoms with Gasteiger partial charge >= 0.3 is 12.4 Å². The second kappa shape index (κ2) is 8.99. The minimum absolute atomic E-state index is 0.0996. The first-order chi connectivity index (χ1) is 15.7. The number of nitrogens with zero attached hydrogens (tertiary/aromatic N) is 1. The number of nitrogens with one attached hydrogen (secondary N) is 1. The van der Waals surface area contributed by atoms with E-state index in [1.54, 1.807) is 5.32 Å². The molecule has 0 spiro atoms. The smallest absolute Gasteiger partial charge is 0.346 e. The van der Waals surface area contributed by atoms with Gasteiger partial charge in [0.2, 0.25) is 0 Å². The van der Waals surface area contributed by atoms with Gasteiger partial charge in [-0.1, -0.05) is 24.3 Å². The molecule has 12 heteroatoms. The molecule has 0 bridgehead atoms. The lowest BCUT2D eigenvalue weighted by Crippen LogP contribution is -2.37. The lowest BCUT2D eigenvalue weighted by atomic mass is 9.95. The first-order valence-corrected chi connectivity index (χ1v) is 9.35. The summed E-state index contributed by atoms with van der Waals surface area (Å²) in [6.07, 6.45) is -8.38. The van der Waals surface area contributed by atoms with Crippen LogP contribution in [0.4, 0.5) is 39.5 Å². The van der Waals surface area contributed by atoms with Crippen LogP contribution < -0.4 is 5.32 Å². The third-order valence-electron chi connectivity index (χ3n) is 4.71. The van der Waals surface area contributed by atoms with Crippen LogP contribution in [0.15, 0.2) is 60.9 Å². The zero-order valence-electron chi connectivity index (χ0n) is 16.7. The second-order valence-electron chi connectivity index (χ2n) is 7.08. The molecule has 0 fully saturated rings. The van der Waals surface area contributed by atoms with Crippen molar-refractivity contribution in [2.45, 2.75) is 18.3 Å². The van der Waals surface area contributed by atoms with Gasteiger partial charge in [-0.05, 0) is 29.8 Å². The van der Waals surface area contributed by atoms with E-state index < -0.39 is 58.8 Å². The summed E-state index contributed by atoms with van der Waals surface area (Å²) < 4.78 is 123. The van der Waals surface area contributed by atoms with Crippen molar-refractivity contribution < 1.29 is 44.3 Å². The summed E-state index contributed by atoms with van der Waals surface area (Å²) in [4.78, 5) is 15.6. The molecule has 1 heterocycles. The van der Waals surface area contributed by atoms with E-state index in [1.165, 1.54) is 0 Å². The first kappa shape index (κ1) is 25.1. The maximum atomic E-state index is 14.7. The Morgan fingerprint density at radius 2 is 1.41 bits per heavy atom. The Balaban J connectivity index is 1.92. The minimum atomic E-state index is -5.26. The largest absolute Gasteiger partial charge is 0.417 e. The molecule has 0 saturated heterocycles.